The zero-order chi connectivity index (χ0) is 15.3. The molecular formula is C12H13F3N4O2. The average molecular weight is 302 g/mol. The Morgan fingerprint density at radius 2 is 2.10 bits per heavy atom. The highest BCUT2D eigenvalue weighted by molar-refractivity contribution is 5.54. The second-order valence-electron chi connectivity index (χ2n) is 3.98. The molecule has 0 radical (unpaired) electrons. The van der Waals surface area contributed by atoms with Gasteiger partial charge in [-0.1, -0.05) is 18.1 Å². The molecule has 1 aromatic heterocycles. The number of nitrogens with zero attached hydrogens (tertiary/aromatic N) is 2. The molecule has 9 heteroatoms. The fraction of sp³-hybridized carbons (Fsp3) is 0.333. The van der Waals surface area contributed by atoms with Crippen LogP contribution >= 0.6 is 0 Å². The van der Waals surface area contributed by atoms with Crippen molar-refractivity contribution in [1.82, 2.24) is 15.5 Å². The van der Waals surface area contributed by atoms with Crippen molar-refractivity contribution < 1.29 is 22.3 Å². The van der Waals surface area contributed by atoms with E-state index in [1.807, 2.05) is 6.92 Å². The van der Waals surface area contributed by atoms with Gasteiger partial charge in [-0.2, -0.15) is 0 Å². The normalized spacial score (nSPS) is 11.4. The van der Waals surface area contributed by atoms with Crippen LogP contribution in [0.5, 0.6) is 5.75 Å². The largest absolute Gasteiger partial charge is 0.573 e. The molecule has 0 aliphatic rings. The Labute approximate surface area is 118 Å². The van der Waals surface area contributed by atoms with Crippen LogP contribution in [0.25, 0.3) is 0 Å². The van der Waals surface area contributed by atoms with E-state index in [0.717, 1.165) is 6.54 Å². The fourth-order valence-corrected chi connectivity index (χ4v) is 1.50. The van der Waals surface area contributed by atoms with Gasteiger partial charge in [-0.3, -0.25) is 0 Å². The van der Waals surface area contributed by atoms with E-state index in [2.05, 4.69) is 25.6 Å². The van der Waals surface area contributed by atoms with Gasteiger partial charge in [0, 0.05) is 11.8 Å². The van der Waals surface area contributed by atoms with Crippen molar-refractivity contribution in [2.45, 2.75) is 19.8 Å². The number of halogens is 3. The number of benzene rings is 1. The van der Waals surface area contributed by atoms with E-state index in [9.17, 15) is 13.2 Å². The number of aromatic nitrogens is 2. The zero-order valence-corrected chi connectivity index (χ0v) is 11.1. The molecule has 0 spiro atoms. The predicted molar refractivity (Wildman–Crippen MR) is 68.1 cm³/mol. The van der Waals surface area contributed by atoms with E-state index in [4.69, 9.17) is 4.42 Å². The maximum atomic E-state index is 12.1. The molecule has 6 nitrogen and oxygen atoms in total. The standard InChI is InChI=1S/C12H13F3N4O2/c1-2-16-7-10-18-19-11(20-10)17-8-4-3-5-9(6-8)21-12(13,14)15/h3-6,16H,2,7H2,1H3,(H,17,19). The maximum Gasteiger partial charge on any atom is 0.573 e. The first kappa shape index (κ1) is 15.1. The van der Waals surface area contributed by atoms with Crippen LogP contribution in [-0.2, 0) is 6.54 Å². The monoisotopic (exact) mass is 302 g/mol. The van der Waals surface area contributed by atoms with Crippen molar-refractivity contribution in [2.24, 2.45) is 0 Å². The maximum absolute atomic E-state index is 12.1. The smallest absolute Gasteiger partial charge is 0.406 e. The van der Waals surface area contributed by atoms with Crippen LogP contribution in [0.2, 0.25) is 0 Å². The fourth-order valence-electron chi connectivity index (χ4n) is 1.50. The van der Waals surface area contributed by atoms with Gasteiger partial charge < -0.3 is 19.8 Å². The summed E-state index contributed by atoms with van der Waals surface area (Å²) in [6.07, 6.45) is -4.73. The summed E-state index contributed by atoms with van der Waals surface area (Å²) in [4.78, 5) is 0. The lowest BCUT2D eigenvalue weighted by Gasteiger charge is -2.09. The second kappa shape index (κ2) is 6.44. The molecule has 0 bridgehead atoms. The first-order valence-electron chi connectivity index (χ1n) is 6.12. The Hall–Kier alpha value is -2.29. The Bertz CT molecular complexity index is 586. The molecule has 0 aliphatic carbocycles. The van der Waals surface area contributed by atoms with Gasteiger partial charge in [-0.25, -0.2) is 0 Å². The number of hydrogen-bond acceptors (Lipinski definition) is 6. The lowest BCUT2D eigenvalue weighted by atomic mass is 10.3. The van der Waals surface area contributed by atoms with Gasteiger partial charge >= 0.3 is 12.4 Å². The van der Waals surface area contributed by atoms with Gasteiger partial charge in [0.1, 0.15) is 5.75 Å². The highest BCUT2D eigenvalue weighted by Gasteiger charge is 2.31. The summed E-state index contributed by atoms with van der Waals surface area (Å²) in [6.45, 7) is 3.10. The van der Waals surface area contributed by atoms with E-state index < -0.39 is 6.36 Å². The van der Waals surface area contributed by atoms with Crippen molar-refractivity contribution in [3.05, 3.63) is 30.2 Å². The number of alkyl halides is 3. The average Bonchev–Trinajstić information content (AvgIpc) is 2.82. The lowest BCUT2D eigenvalue weighted by molar-refractivity contribution is -0.274. The number of rotatable bonds is 6. The van der Waals surface area contributed by atoms with E-state index >= 15 is 0 Å². The Balaban J connectivity index is 2.02. The SMILES string of the molecule is CCNCc1nnc(Nc2cccc(OC(F)(F)F)c2)o1. The molecular weight excluding hydrogens is 289 g/mol. The second-order valence-corrected chi connectivity index (χ2v) is 3.98. The van der Waals surface area contributed by atoms with Crippen molar-refractivity contribution in [3.8, 4) is 5.75 Å². The van der Waals surface area contributed by atoms with Crippen LogP contribution in [0.3, 0.4) is 0 Å². The Morgan fingerprint density at radius 3 is 2.81 bits per heavy atom. The van der Waals surface area contributed by atoms with Crippen molar-refractivity contribution in [2.75, 3.05) is 11.9 Å². The number of ether oxygens (including phenoxy) is 1. The highest BCUT2D eigenvalue weighted by atomic mass is 19.4. The number of anilines is 2. The van der Waals surface area contributed by atoms with Crippen LogP contribution in [0.4, 0.5) is 24.9 Å². The van der Waals surface area contributed by atoms with Crippen LogP contribution in [0, 0.1) is 0 Å². The summed E-state index contributed by atoms with van der Waals surface area (Å²) in [5.41, 5.74) is 0.343. The molecule has 0 atom stereocenters. The first-order valence-corrected chi connectivity index (χ1v) is 6.12. The zero-order valence-electron chi connectivity index (χ0n) is 11.1. The molecule has 114 valence electrons. The molecule has 0 aliphatic heterocycles. The quantitative estimate of drug-likeness (QED) is 0.855. The summed E-state index contributed by atoms with van der Waals surface area (Å²) >= 11 is 0. The van der Waals surface area contributed by atoms with E-state index in [-0.39, 0.29) is 11.8 Å². The summed E-state index contributed by atoms with van der Waals surface area (Å²) in [5, 5.41) is 13.2. The summed E-state index contributed by atoms with van der Waals surface area (Å²) in [7, 11) is 0. The number of hydrogen-bond donors (Lipinski definition) is 2. The van der Waals surface area contributed by atoms with Crippen LogP contribution < -0.4 is 15.4 Å². The van der Waals surface area contributed by atoms with Gasteiger partial charge in [0.25, 0.3) is 0 Å². The molecule has 1 aromatic carbocycles. The van der Waals surface area contributed by atoms with Gasteiger partial charge in [-0.05, 0) is 18.7 Å². The molecule has 2 rings (SSSR count). The molecule has 2 aromatic rings. The van der Waals surface area contributed by atoms with E-state index in [1.165, 1.54) is 18.2 Å². The molecule has 0 amide bonds. The molecule has 0 fully saturated rings. The molecule has 0 unspecified atom stereocenters. The summed E-state index contributed by atoms with van der Waals surface area (Å²) in [6, 6.07) is 5.44. The first-order chi connectivity index (χ1) is 9.96. The predicted octanol–water partition coefficient (Wildman–Crippen LogP) is 2.82. The van der Waals surface area contributed by atoms with E-state index in [0.29, 0.717) is 18.1 Å². The van der Waals surface area contributed by atoms with Crippen LogP contribution in [-0.4, -0.2) is 23.1 Å². The van der Waals surface area contributed by atoms with Crippen molar-refractivity contribution >= 4 is 11.7 Å². The van der Waals surface area contributed by atoms with Gasteiger partial charge in [0.15, 0.2) is 0 Å². The summed E-state index contributed by atoms with van der Waals surface area (Å²) in [5.74, 6) is 0.0435. The molecule has 1 heterocycles. The highest BCUT2D eigenvalue weighted by Crippen LogP contribution is 2.26. The van der Waals surface area contributed by atoms with Crippen molar-refractivity contribution in [3.63, 3.8) is 0 Å². The summed E-state index contributed by atoms with van der Waals surface area (Å²) < 4.78 is 45.5. The van der Waals surface area contributed by atoms with Gasteiger partial charge in [0.05, 0.1) is 6.54 Å². The molecule has 2 N–H and O–H groups in total. The Morgan fingerprint density at radius 1 is 1.29 bits per heavy atom. The van der Waals surface area contributed by atoms with Gasteiger partial charge in [0.2, 0.25) is 5.89 Å². The third-order valence-corrected chi connectivity index (χ3v) is 2.31. The third-order valence-electron chi connectivity index (χ3n) is 2.31. The topological polar surface area (TPSA) is 72.2 Å². The van der Waals surface area contributed by atoms with Crippen LogP contribution in [0.15, 0.2) is 28.7 Å². The van der Waals surface area contributed by atoms with Crippen LogP contribution in [0.1, 0.15) is 12.8 Å². The minimum absolute atomic E-state index is 0.0899. The molecule has 0 saturated carbocycles. The molecule has 0 saturated heterocycles. The minimum Gasteiger partial charge on any atom is -0.406 e. The number of nitrogens with one attached hydrogen (secondary N) is 2. The van der Waals surface area contributed by atoms with Crippen molar-refractivity contribution in [1.29, 1.82) is 0 Å². The van der Waals surface area contributed by atoms with Gasteiger partial charge in [-0.15, -0.1) is 18.3 Å². The third kappa shape index (κ3) is 4.95. The molecule has 21 heavy (non-hydrogen) atoms. The minimum atomic E-state index is -4.73. The van der Waals surface area contributed by atoms with E-state index in [1.54, 1.807) is 6.07 Å². The Kier molecular flexibility index (Phi) is 4.63. The lowest BCUT2D eigenvalue weighted by Crippen LogP contribution is -2.17.